The van der Waals surface area contributed by atoms with Gasteiger partial charge in [-0.15, -0.1) is 0 Å². The molecule has 1 unspecified atom stereocenters. The maximum Gasteiger partial charge on any atom is 0.215 e. The van der Waals surface area contributed by atoms with Gasteiger partial charge in [-0.1, -0.05) is 13.0 Å². The number of ether oxygens (including phenoxy) is 2. The minimum absolute atomic E-state index is 0.333. The average Bonchev–Trinajstić information content (AvgIpc) is 2.49. The number of nitrogens with one attached hydrogen (secondary N) is 1. The summed E-state index contributed by atoms with van der Waals surface area (Å²) in [6.07, 6.45) is 1.14. The van der Waals surface area contributed by atoms with Crippen LogP contribution in [-0.4, -0.2) is 50.5 Å². The summed E-state index contributed by atoms with van der Waals surface area (Å²) in [5.74, 6) is 1.67. The van der Waals surface area contributed by atoms with Gasteiger partial charge in [0.25, 0.3) is 0 Å². The summed E-state index contributed by atoms with van der Waals surface area (Å²) >= 11 is 0. The van der Waals surface area contributed by atoms with Gasteiger partial charge in [-0.25, -0.2) is 0 Å². The first-order valence-electron chi connectivity index (χ1n) is 7.50. The standard InChI is InChI=1S/C15H25N3O2/c1-3-8-16-11-13-12-19-10-9-18(13)14-6-5-7-15(17-14)20-4-2/h5-7,13,16H,3-4,8-12H2,1-2H3. The highest BCUT2D eigenvalue weighted by Gasteiger charge is 2.24. The summed E-state index contributed by atoms with van der Waals surface area (Å²) in [5, 5.41) is 3.46. The molecule has 0 aromatic carbocycles. The molecule has 112 valence electrons. The molecular weight excluding hydrogens is 254 g/mol. The number of hydrogen-bond donors (Lipinski definition) is 1. The van der Waals surface area contributed by atoms with E-state index in [1.807, 2.05) is 25.1 Å². The van der Waals surface area contributed by atoms with E-state index >= 15 is 0 Å². The van der Waals surface area contributed by atoms with Gasteiger partial charge in [-0.3, -0.25) is 0 Å². The molecule has 1 N–H and O–H groups in total. The Morgan fingerprint density at radius 3 is 3.15 bits per heavy atom. The Bertz CT molecular complexity index is 400. The molecule has 1 saturated heterocycles. The lowest BCUT2D eigenvalue weighted by molar-refractivity contribution is 0.0933. The number of pyridine rings is 1. The van der Waals surface area contributed by atoms with Gasteiger partial charge in [0.05, 0.1) is 25.9 Å². The van der Waals surface area contributed by atoms with Crippen molar-refractivity contribution < 1.29 is 9.47 Å². The van der Waals surface area contributed by atoms with Crippen molar-refractivity contribution in [3.63, 3.8) is 0 Å². The molecule has 0 bridgehead atoms. The fourth-order valence-corrected chi connectivity index (χ4v) is 2.36. The zero-order valence-corrected chi connectivity index (χ0v) is 12.5. The second-order valence-corrected chi connectivity index (χ2v) is 4.89. The lowest BCUT2D eigenvalue weighted by atomic mass is 10.2. The van der Waals surface area contributed by atoms with Gasteiger partial charge in [0.15, 0.2) is 0 Å². The summed E-state index contributed by atoms with van der Waals surface area (Å²) < 4.78 is 11.1. The number of rotatable bonds is 7. The van der Waals surface area contributed by atoms with Crippen LogP contribution in [0.15, 0.2) is 18.2 Å². The van der Waals surface area contributed by atoms with Gasteiger partial charge in [0, 0.05) is 19.2 Å². The Hall–Kier alpha value is -1.33. The van der Waals surface area contributed by atoms with E-state index < -0.39 is 0 Å². The number of anilines is 1. The topological polar surface area (TPSA) is 46.6 Å². The zero-order valence-electron chi connectivity index (χ0n) is 12.5. The smallest absolute Gasteiger partial charge is 0.215 e. The summed E-state index contributed by atoms with van der Waals surface area (Å²) in [6, 6.07) is 6.28. The van der Waals surface area contributed by atoms with E-state index in [1.54, 1.807) is 0 Å². The molecule has 0 amide bonds. The van der Waals surface area contributed by atoms with Crippen LogP contribution in [0.4, 0.5) is 5.82 Å². The monoisotopic (exact) mass is 279 g/mol. The largest absolute Gasteiger partial charge is 0.478 e. The van der Waals surface area contributed by atoms with Crippen LogP contribution in [0.5, 0.6) is 5.88 Å². The molecule has 0 aliphatic carbocycles. The van der Waals surface area contributed by atoms with Crippen molar-refractivity contribution in [2.24, 2.45) is 0 Å². The van der Waals surface area contributed by atoms with Crippen LogP contribution in [0, 0.1) is 0 Å². The van der Waals surface area contributed by atoms with Crippen molar-refractivity contribution in [3.8, 4) is 5.88 Å². The summed E-state index contributed by atoms with van der Waals surface area (Å²) in [7, 11) is 0. The van der Waals surface area contributed by atoms with Gasteiger partial charge in [-0.2, -0.15) is 4.98 Å². The molecular formula is C15H25N3O2. The number of morpholine rings is 1. The summed E-state index contributed by atoms with van der Waals surface area (Å²) in [6.45, 7) is 9.13. The van der Waals surface area contributed by atoms with Gasteiger partial charge >= 0.3 is 0 Å². The fourth-order valence-electron chi connectivity index (χ4n) is 2.36. The number of hydrogen-bond acceptors (Lipinski definition) is 5. The first-order valence-corrected chi connectivity index (χ1v) is 7.50. The van der Waals surface area contributed by atoms with Crippen molar-refractivity contribution in [3.05, 3.63) is 18.2 Å². The molecule has 5 heteroatoms. The second-order valence-electron chi connectivity index (χ2n) is 4.89. The van der Waals surface area contributed by atoms with Crippen molar-refractivity contribution in [1.29, 1.82) is 0 Å². The third kappa shape index (κ3) is 4.08. The molecule has 1 aliphatic rings. The number of nitrogens with zero attached hydrogens (tertiary/aromatic N) is 2. The fraction of sp³-hybridized carbons (Fsp3) is 0.667. The number of aromatic nitrogens is 1. The Morgan fingerprint density at radius 1 is 1.45 bits per heavy atom. The van der Waals surface area contributed by atoms with E-state index in [0.717, 1.165) is 45.1 Å². The lowest BCUT2D eigenvalue weighted by Crippen LogP contribution is -2.51. The molecule has 20 heavy (non-hydrogen) atoms. The molecule has 1 fully saturated rings. The van der Waals surface area contributed by atoms with E-state index in [-0.39, 0.29) is 0 Å². The summed E-state index contributed by atoms with van der Waals surface area (Å²) in [5.41, 5.74) is 0. The van der Waals surface area contributed by atoms with Crippen LogP contribution in [0.2, 0.25) is 0 Å². The summed E-state index contributed by atoms with van der Waals surface area (Å²) in [4.78, 5) is 6.90. The maximum atomic E-state index is 5.60. The molecule has 1 aliphatic heterocycles. The predicted molar refractivity (Wildman–Crippen MR) is 80.5 cm³/mol. The van der Waals surface area contributed by atoms with Crippen molar-refractivity contribution in [2.45, 2.75) is 26.3 Å². The molecule has 0 saturated carbocycles. The highest BCUT2D eigenvalue weighted by molar-refractivity contribution is 5.42. The van der Waals surface area contributed by atoms with Crippen molar-refractivity contribution in [2.75, 3.05) is 44.4 Å². The van der Waals surface area contributed by atoms with Crippen molar-refractivity contribution >= 4 is 5.82 Å². The SMILES string of the molecule is CCCNCC1COCCN1c1cccc(OCC)n1. The molecule has 2 rings (SSSR count). The van der Waals surface area contributed by atoms with Gasteiger partial charge in [-0.05, 0) is 26.0 Å². The average molecular weight is 279 g/mol. The first kappa shape index (κ1) is 15.1. The molecule has 1 atom stereocenters. The van der Waals surface area contributed by atoms with Crippen LogP contribution < -0.4 is 15.0 Å². The van der Waals surface area contributed by atoms with Gasteiger partial charge in [0.2, 0.25) is 5.88 Å². The Balaban J connectivity index is 2.04. The minimum Gasteiger partial charge on any atom is -0.478 e. The molecule has 1 aromatic rings. The maximum absolute atomic E-state index is 5.60. The molecule has 2 heterocycles. The van der Waals surface area contributed by atoms with Crippen LogP contribution in [0.1, 0.15) is 20.3 Å². The molecule has 0 spiro atoms. The zero-order chi connectivity index (χ0) is 14.2. The third-order valence-corrected chi connectivity index (χ3v) is 3.33. The van der Waals surface area contributed by atoms with E-state index in [1.165, 1.54) is 0 Å². The Labute approximate surface area is 121 Å². The quantitative estimate of drug-likeness (QED) is 0.770. The van der Waals surface area contributed by atoms with Crippen molar-refractivity contribution in [1.82, 2.24) is 10.3 Å². The van der Waals surface area contributed by atoms with Gasteiger partial charge in [0.1, 0.15) is 5.82 Å². The Kier molecular flexibility index (Phi) is 6.08. The van der Waals surface area contributed by atoms with E-state index in [4.69, 9.17) is 9.47 Å². The third-order valence-electron chi connectivity index (χ3n) is 3.33. The van der Waals surface area contributed by atoms with Crippen LogP contribution >= 0.6 is 0 Å². The lowest BCUT2D eigenvalue weighted by Gasteiger charge is -2.36. The molecule has 1 aromatic heterocycles. The van der Waals surface area contributed by atoms with Crippen LogP contribution in [-0.2, 0) is 4.74 Å². The highest BCUT2D eigenvalue weighted by Crippen LogP contribution is 2.20. The van der Waals surface area contributed by atoms with E-state index in [2.05, 4.69) is 22.1 Å². The van der Waals surface area contributed by atoms with E-state index in [9.17, 15) is 0 Å². The Morgan fingerprint density at radius 2 is 2.35 bits per heavy atom. The van der Waals surface area contributed by atoms with Gasteiger partial charge < -0.3 is 19.7 Å². The molecule has 0 radical (unpaired) electrons. The molecule has 5 nitrogen and oxygen atoms in total. The second kappa shape index (κ2) is 8.07. The first-order chi connectivity index (χ1) is 9.85. The normalized spacial score (nSPS) is 19.1. The highest BCUT2D eigenvalue weighted by atomic mass is 16.5. The predicted octanol–water partition coefficient (Wildman–Crippen LogP) is 1.69. The van der Waals surface area contributed by atoms with Crippen LogP contribution in [0.25, 0.3) is 0 Å². The minimum atomic E-state index is 0.333. The van der Waals surface area contributed by atoms with E-state index in [0.29, 0.717) is 18.5 Å². The van der Waals surface area contributed by atoms with Crippen LogP contribution in [0.3, 0.4) is 0 Å².